The van der Waals surface area contributed by atoms with Gasteiger partial charge >= 0.3 is 0 Å². The average Bonchev–Trinajstić information content (AvgIpc) is 2.51. The maximum absolute atomic E-state index is 12.3. The van der Waals surface area contributed by atoms with Crippen LogP contribution in [0.3, 0.4) is 0 Å². The van der Waals surface area contributed by atoms with E-state index in [1.807, 2.05) is 29.2 Å². The molecule has 4 heteroatoms. The molecule has 4 nitrogen and oxygen atoms in total. The minimum atomic E-state index is 0.0770. The van der Waals surface area contributed by atoms with E-state index in [0.717, 1.165) is 18.7 Å². The number of carbonyl (C=O) groups is 1. The molecule has 1 amide bonds. The molecule has 0 aromatic heterocycles. The normalized spacial score (nSPS) is 21.9. The summed E-state index contributed by atoms with van der Waals surface area (Å²) in [5.74, 6) is 2.57. The van der Waals surface area contributed by atoms with Crippen LogP contribution in [0, 0.1) is 11.8 Å². The predicted octanol–water partition coefficient (Wildman–Crippen LogP) is 3.22. The summed E-state index contributed by atoms with van der Waals surface area (Å²) >= 11 is 0. The molecule has 1 aromatic carbocycles. The molecular formula is C18H25NO3. The number of nitrogens with zero attached hydrogens (tertiary/aromatic N) is 1. The molecule has 0 aliphatic carbocycles. The Bertz CT molecular complexity index is 543. The van der Waals surface area contributed by atoms with Gasteiger partial charge < -0.3 is 14.4 Å². The Balaban J connectivity index is 2.06. The van der Waals surface area contributed by atoms with Crippen molar-refractivity contribution in [2.75, 3.05) is 27.3 Å². The van der Waals surface area contributed by atoms with Gasteiger partial charge in [-0.05, 0) is 42.0 Å². The van der Waals surface area contributed by atoms with Crippen LogP contribution >= 0.6 is 0 Å². The number of hydrogen-bond acceptors (Lipinski definition) is 3. The summed E-state index contributed by atoms with van der Waals surface area (Å²) in [6.45, 7) is 6.10. The molecule has 1 aliphatic rings. The van der Waals surface area contributed by atoms with Gasteiger partial charge in [0.15, 0.2) is 11.5 Å². The maximum atomic E-state index is 12.3. The number of ether oxygens (including phenoxy) is 2. The van der Waals surface area contributed by atoms with Crippen molar-refractivity contribution in [3.8, 4) is 11.5 Å². The summed E-state index contributed by atoms with van der Waals surface area (Å²) in [5.41, 5.74) is 0.920. The summed E-state index contributed by atoms with van der Waals surface area (Å²) in [4.78, 5) is 14.3. The number of rotatable bonds is 4. The van der Waals surface area contributed by atoms with Gasteiger partial charge in [0.1, 0.15) is 0 Å². The summed E-state index contributed by atoms with van der Waals surface area (Å²) in [7, 11) is 3.21. The number of carbonyl (C=O) groups excluding carboxylic acids is 1. The van der Waals surface area contributed by atoms with E-state index in [1.165, 1.54) is 6.42 Å². The number of methoxy groups -OCH3 is 2. The van der Waals surface area contributed by atoms with Crippen molar-refractivity contribution in [1.82, 2.24) is 4.90 Å². The minimum absolute atomic E-state index is 0.0770. The van der Waals surface area contributed by atoms with Crippen LogP contribution in [0.1, 0.15) is 25.8 Å². The zero-order chi connectivity index (χ0) is 16.1. The Morgan fingerprint density at radius 3 is 2.36 bits per heavy atom. The van der Waals surface area contributed by atoms with E-state index in [-0.39, 0.29) is 5.91 Å². The predicted molar refractivity (Wildman–Crippen MR) is 88.1 cm³/mol. The molecule has 0 unspecified atom stereocenters. The molecule has 0 spiro atoms. The lowest BCUT2D eigenvalue weighted by molar-refractivity contribution is -0.128. The standard InChI is InChI=1S/C18H25NO3/c1-13-9-14(2)12-19(11-13)18(20)8-6-15-5-7-16(21-3)17(10-15)22-4/h5-8,10,13-14H,9,11-12H2,1-4H3/b8-6+/t13-,14-/m1/s1. The van der Waals surface area contributed by atoms with E-state index in [2.05, 4.69) is 13.8 Å². The molecule has 1 aliphatic heterocycles. The first-order valence-corrected chi connectivity index (χ1v) is 7.72. The van der Waals surface area contributed by atoms with Crippen molar-refractivity contribution in [1.29, 1.82) is 0 Å². The van der Waals surface area contributed by atoms with Crippen LogP contribution in [0.2, 0.25) is 0 Å². The van der Waals surface area contributed by atoms with E-state index >= 15 is 0 Å². The molecule has 1 fully saturated rings. The second-order valence-electron chi connectivity index (χ2n) is 6.14. The lowest BCUT2D eigenvalue weighted by atomic mass is 9.92. The second-order valence-corrected chi connectivity index (χ2v) is 6.14. The van der Waals surface area contributed by atoms with E-state index < -0.39 is 0 Å². The second kappa shape index (κ2) is 7.34. The number of piperidine rings is 1. The van der Waals surface area contributed by atoms with Crippen LogP contribution in [0.25, 0.3) is 6.08 Å². The van der Waals surface area contributed by atoms with Crippen LogP contribution < -0.4 is 9.47 Å². The summed E-state index contributed by atoms with van der Waals surface area (Å²) < 4.78 is 10.5. The quantitative estimate of drug-likeness (QED) is 0.802. The minimum Gasteiger partial charge on any atom is -0.493 e. The Hall–Kier alpha value is -1.97. The number of likely N-dealkylation sites (tertiary alicyclic amines) is 1. The molecule has 1 heterocycles. The molecule has 2 rings (SSSR count). The molecule has 2 atom stereocenters. The average molecular weight is 303 g/mol. The van der Waals surface area contributed by atoms with Gasteiger partial charge in [0, 0.05) is 19.2 Å². The van der Waals surface area contributed by atoms with Gasteiger partial charge in [0.05, 0.1) is 14.2 Å². The molecule has 120 valence electrons. The van der Waals surface area contributed by atoms with Crippen molar-refractivity contribution in [3.05, 3.63) is 29.8 Å². The number of amides is 1. The lowest BCUT2D eigenvalue weighted by Gasteiger charge is -2.34. The molecule has 1 saturated heterocycles. The molecule has 0 saturated carbocycles. The fourth-order valence-electron chi connectivity index (χ4n) is 3.07. The van der Waals surface area contributed by atoms with Crippen LogP contribution in [0.5, 0.6) is 11.5 Å². The zero-order valence-corrected chi connectivity index (χ0v) is 13.8. The molecule has 0 N–H and O–H groups in total. The van der Waals surface area contributed by atoms with Gasteiger partial charge in [-0.3, -0.25) is 4.79 Å². The van der Waals surface area contributed by atoms with Gasteiger partial charge in [0.25, 0.3) is 0 Å². The largest absolute Gasteiger partial charge is 0.493 e. The topological polar surface area (TPSA) is 38.8 Å². The van der Waals surface area contributed by atoms with Crippen LogP contribution in [0.4, 0.5) is 0 Å². The van der Waals surface area contributed by atoms with Crippen molar-refractivity contribution in [3.63, 3.8) is 0 Å². The SMILES string of the molecule is COc1ccc(/C=C/C(=O)N2C[C@H](C)C[C@@H](C)C2)cc1OC. The molecular weight excluding hydrogens is 278 g/mol. The van der Waals surface area contributed by atoms with Crippen LogP contribution in [0.15, 0.2) is 24.3 Å². The van der Waals surface area contributed by atoms with Crippen LogP contribution in [-0.2, 0) is 4.79 Å². The molecule has 0 bridgehead atoms. The van der Waals surface area contributed by atoms with E-state index in [1.54, 1.807) is 20.3 Å². The monoisotopic (exact) mass is 303 g/mol. The Morgan fingerprint density at radius 2 is 1.77 bits per heavy atom. The zero-order valence-electron chi connectivity index (χ0n) is 13.8. The van der Waals surface area contributed by atoms with Crippen molar-refractivity contribution in [2.24, 2.45) is 11.8 Å². The van der Waals surface area contributed by atoms with E-state index in [0.29, 0.717) is 23.3 Å². The smallest absolute Gasteiger partial charge is 0.246 e. The highest BCUT2D eigenvalue weighted by atomic mass is 16.5. The third-order valence-electron chi connectivity index (χ3n) is 4.01. The highest BCUT2D eigenvalue weighted by molar-refractivity contribution is 5.92. The summed E-state index contributed by atoms with van der Waals surface area (Å²) in [5, 5.41) is 0. The third-order valence-corrected chi connectivity index (χ3v) is 4.01. The maximum Gasteiger partial charge on any atom is 0.246 e. The van der Waals surface area contributed by atoms with Gasteiger partial charge in [-0.25, -0.2) is 0 Å². The van der Waals surface area contributed by atoms with Crippen molar-refractivity contribution < 1.29 is 14.3 Å². The lowest BCUT2D eigenvalue weighted by Crippen LogP contribution is -2.41. The highest BCUT2D eigenvalue weighted by Crippen LogP contribution is 2.28. The van der Waals surface area contributed by atoms with Gasteiger partial charge in [-0.15, -0.1) is 0 Å². The van der Waals surface area contributed by atoms with Crippen LogP contribution in [-0.4, -0.2) is 38.1 Å². The first kappa shape index (κ1) is 16.4. The number of hydrogen-bond donors (Lipinski definition) is 0. The first-order chi connectivity index (χ1) is 10.5. The Labute approximate surface area is 132 Å². The van der Waals surface area contributed by atoms with Gasteiger partial charge in [-0.1, -0.05) is 19.9 Å². The van der Waals surface area contributed by atoms with Gasteiger partial charge in [-0.2, -0.15) is 0 Å². The molecule has 1 aromatic rings. The third kappa shape index (κ3) is 4.03. The van der Waals surface area contributed by atoms with E-state index in [9.17, 15) is 4.79 Å². The van der Waals surface area contributed by atoms with Crippen molar-refractivity contribution >= 4 is 12.0 Å². The van der Waals surface area contributed by atoms with E-state index in [4.69, 9.17) is 9.47 Å². The molecule has 22 heavy (non-hydrogen) atoms. The summed E-state index contributed by atoms with van der Waals surface area (Å²) in [6, 6.07) is 5.62. The van der Waals surface area contributed by atoms with Gasteiger partial charge in [0.2, 0.25) is 5.91 Å². The van der Waals surface area contributed by atoms with Crippen molar-refractivity contribution in [2.45, 2.75) is 20.3 Å². The summed E-state index contributed by atoms with van der Waals surface area (Å²) in [6.07, 6.45) is 4.67. The fourth-order valence-corrected chi connectivity index (χ4v) is 3.07. The highest BCUT2D eigenvalue weighted by Gasteiger charge is 2.23. The number of benzene rings is 1. The fraction of sp³-hybridized carbons (Fsp3) is 0.500. The first-order valence-electron chi connectivity index (χ1n) is 7.72. The molecule has 0 radical (unpaired) electrons. The Kier molecular flexibility index (Phi) is 5.47. The Morgan fingerprint density at radius 1 is 1.14 bits per heavy atom.